The molecule has 19 heavy (non-hydrogen) atoms. The summed E-state index contributed by atoms with van der Waals surface area (Å²) in [5.74, 6) is -1.49. The lowest BCUT2D eigenvalue weighted by atomic mass is 10.3. The van der Waals surface area contributed by atoms with Gasteiger partial charge < -0.3 is 14.3 Å². The van der Waals surface area contributed by atoms with Crippen LogP contribution >= 0.6 is 12.2 Å². The number of benzene rings is 1. The van der Waals surface area contributed by atoms with Crippen molar-refractivity contribution in [2.75, 3.05) is 13.2 Å². The summed E-state index contributed by atoms with van der Waals surface area (Å²) in [4.78, 5) is 2.60. The first-order valence-corrected chi connectivity index (χ1v) is 5.83. The maximum absolute atomic E-state index is 13.5. The number of ether oxygens (including phenoxy) is 1. The van der Waals surface area contributed by atoms with Crippen molar-refractivity contribution in [3.8, 4) is 0 Å². The van der Waals surface area contributed by atoms with Crippen LogP contribution in [-0.4, -0.2) is 29.2 Å². The molecular formula is C11H10F4N2OS. The van der Waals surface area contributed by atoms with Gasteiger partial charge in [0, 0.05) is 12.6 Å². The summed E-state index contributed by atoms with van der Waals surface area (Å²) in [5.41, 5.74) is 0.323. The highest BCUT2D eigenvalue weighted by Crippen LogP contribution is 2.19. The Hall–Kier alpha value is -1.41. The van der Waals surface area contributed by atoms with Crippen molar-refractivity contribution < 1.29 is 22.3 Å². The number of imidazole rings is 1. The van der Waals surface area contributed by atoms with Gasteiger partial charge in [0.1, 0.15) is 17.9 Å². The van der Waals surface area contributed by atoms with Crippen molar-refractivity contribution in [2.45, 2.75) is 13.0 Å². The number of hydrogen-bond donors (Lipinski definition) is 1. The minimum atomic E-state index is -2.55. The molecule has 0 aliphatic heterocycles. The molecule has 0 saturated heterocycles. The molecule has 0 aliphatic carbocycles. The summed E-state index contributed by atoms with van der Waals surface area (Å²) >= 11 is 4.97. The quantitative estimate of drug-likeness (QED) is 0.521. The van der Waals surface area contributed by atoms with Crippen LogP contribution in [0.25, 0.3) is 11.0 Å². The molecular weight excluding hydrogens is 284 g/mol. The molecule has 0 radical (unpaired) electrons. The van der Waals surface area contributed by atoms with Crippen LogP contribution in [0.4, 0.5) is 17.6 Å². The lowest BCUT2D eigenvalue weighted by molar-refractivity contribution is 0.0149. The fraction of sp³-hybridized carbons (Fsp3) is 0.364. The molecule has 2 rings (SSSR count). The van der Waals surface area contributed by atoms with Gasteiger partial charge in [-0.25, -0.2) is 17.6 Å². The van der Waals surface area contributed by atoms with Gasteiger partial charge in [-0.15, -0.1) is 0 Å². The molecule has 1 N–H and O–H groups in total. The molecule has 0 bridgehead atoms. The van der Waals surface area contributed by atoms with E-state index in [1.807, 2.05) is 0 Å². The highest BCUT2D eigenvalue weighted by atomic mass is 32.1. The van der Waals surface area contributed by atoms with Gasteiger partial charge in [-0.05, 0) is 18.3 Å². The topological polar surface area (TPSA) is 29.9 Å². The van der Waals surface area contributed by atoms with Gasteiger partial charge in [-0.3, -0.25) is 0 Å². The van der Waals surface area contributed by atoms with Crippen LogP contribution in [0.2, 0.25) is 0 Å². The number of halogens is 4. The maximum atomic E-state index is 13.5. The zero-order valence-electron chi connectivity index (χ0n) is 9.63. The second-order valence-electron chi connectivity index (χ2n) is 3.83. The van der Waals surface area contributed by atoms with Crippen molar-refractivity contribution in [3.63, 3.8) is 0 Å². The Morgan fingerprint density at radius 2 is 2.05 bits per heavy atom. The van der Waals surface area contributed by atoms with Gasteiger partial charge in [-0.1, -0.05) is 0 Å². The van der Waals surface area contributed by atoms with E-state index in [0.717, 1.165) is 12.1 Å². The van der Waals surface area contributed by atoms with Crippen LogP contribution < -0.4 is 0 Å². The largest absolute Gasteiger partial charge is 0.374 e. The van der Waals surface area contributed by atoms with Crippen molar-refractivity contribution in [1.29, 1.82) is 0 Å². The van der Waals surface area contributed by atoms with Crippen molar-refractivity contribution in [3.05, 3.63) is 28.5 Å². The molecule has 8 heteroatoms. The van der Waals surface area contributed by atoms with E-state index in [4.69, 9.17) is 17.0 Å². The predicted molar refractivity (Wildman–Crippen MR) is 63.9 cm³/mol. The number of H-pyrrole nitrogens is 1. The number of aromatic nitrogens is 2. The average molecular weight is 294 g/mol. The Kier molecular flexibility index (Phi) is 4.20. The number of nitrogens with zero attached hydrogens (tertiary/aromatic N) is 1. The monoisotopic (exact) mass is 294 g/mol. The van der Waals surface area contributed by atoms with Crippen LogP contribution in [0, 0.1) is 16.4 Å². The van der Waals surface area contributed by atoms with Crippen LogP contribution in [0.1, 0.15) is 0 Å². The highest BCUT2D eigenvalue weighted by Gasteiger charge is 2.11. The van der Waals surface area contributed by atoms with Crippen LogP contribution in [0.15, 0.2) is 12.1 Å². The molecule has 104 valence electrons. The van der Waals surface area contributed by atoms with E-state index in [2.05, 4.69) is 4.98 Å². The second kappa shape index (κ2) is 5.70. The molecule has 1 heterocycles. The normalized spacial score (nSPS) is 11.6. The van der Waals surface area contributed by atoms with E-state index >= 15 is 0 Å². The van der Waals surface area contributed by atoms with Crippen LogP contribution in [0.3, 0.4) is 0 Å². The molecule has 3 nitrogen and oxygen atoms in total. The van der Waals surface area contributed by atoms with E-state index < -0.39 is 24.7 Å². The zero-order valence-corrected chi connectivity index (χ0v) is 10.4. The standard InChI is InChI=1S/C11H10F4N2OS/c12-6-3-7(13)10-8(4-6)17(11(19)16-10)1-2-18-5-9(14)15/h3-4,9H,1-2,5H2,(H,16,19). The van der Waals surface area contributed by atoms with Gasteiger partial charge >= 0.3 is 0 Å². The Morgan fingerprint density at radius 1 is 1.32 bits per heavy atom. The van der Waals surface area contributed by atoms with E-state index in [1.165, 1.54) is 4.57 Å². The number of aromatic amines is 1. The molecule has 0 amide bonds. The third-order valence-corrected chi connectivity index (χ3v) is 2.83. The summed E-state index contributed by atoms with van der Waals surface area (Å²) in [6, 6.07) is 1.86. The van der Waals surface area contributed by atoms with Crippen LogP contribution in [-0.2, 0) is 11.3 Å². The first kappa shape index (κ1) is 14.0. The molecule has 1 aromatic heterocycles. The van der Waals surface area contributed by atoms with Gasteiger partial charge in [0.2, 0.25) is 0 Å². The highest BCUT2D eigenvalue weighted by molar-refractivity contribution is 7.71. The van der Waals surface area contributed by atoms with E-state index in [0.29, 0.717) is 0 Å². The summed E-state index contributed by atoms with van der Waals surface area (Å²) in [6.07, 6.45) is -2.55. The molecule has 0 fully saturated rings. The average Bonchev–Trinajstić information content (AvgIpc) is 2.62. The van der Waals surface area contributed by atoms with Gasteiger partial charge in [0.25, 0.3) is 6.43 Å². The second-order valence-corrected chi connectivity index (χ2v) is 4.22. The Balaban J connectivity index is 2.23. The molecule has 1 aromatic carbocycles. The maximum Gasteiger partial charge on any atom is 0.261 e. The lowest BCUT2D eigenvalue weighted by Crippen LogP contribution is -2.10. The minimum absolute atomic E-state index is 0.0241. The van der Waals surface area contributed by atoms with Gasteiger partial charge in [0.05, 0.1) is 12.1 Å². The van der Waals surface area contributed by atoms with E-state index in [-0.39, 0.29) is 29.0 Å². The van der Waals surface area contributed by atoms with E-state index in [1.54, 1.807) is 0 Å². The molecule has 2 aromatic rings. The molecule has 0 saturated carbocycles. The van der Waals surface area contributed by atoms with Crippen LogP contribution in [0.5, 0.6) is 0 Å². The van der Waals surface area contributed by atoms with Gasteiger partial charge in [-0.2, -0.15) is 0 Å². The zero-order chi connectivity index (χ0) is 14.0. The Labute approximate surface area is 110 Å². The minimum Gasteiger partial charge on any atom is -0.374 e. The van der Waals surface area contributed by atoms with E-state index in [9.17, 15) is 17.6 Å². The first-order valence-electron chi connectivity index (χ1n) is 5.42. The number of fused-ring (bicyclic) bond motifs is 1. The third kappa shape index (κ3) is 3.13. The molecule has 0 unspecified atom stereocenters. The predicted octanol–water partition coefficient (Wildman–Crippen LogP) is 3.26. The number of nitrogens with one attached hydrogen (secondary N) is 1. The Bertz CT molecular complexity index is 637. The smallest absolute Gasteiger partial charge is 0.261 e. The fourth-order valence-corrected chi connectivity index (χ4v) is 2.02. The number of alkyl halides is 2. The van der Waals surface area contributed by atoms with Crippen molar-refractivity contribution in [2.24, 2.45) is 0 Å². The first-order chi connectivity index (χ1) is 8.99. The summed E-state index contributed by atoms with van der Waals surface area (Å²) in [7, 11) is 0. The van der Waals surface area contributed by atoms with Crippen molar-refractivity contribution >= 4 is 23.3 Å². The SMILES string of the molecule is Fc1cc(F)c2[nH]c(=S)n(CCOCC(F)F)c2c1. The lowest BCUT2D eigenvalue weighted by Gasteiger charge is -2.06. The molecule has 0 aliphatic rings. The molecule has 0 spiro atoms. The third-order valence-electron chi connectivity index (χ3n) is 2.51. The summed E-state index contributed by atoms with van der Waals surface area (Å²) < 4.78 is 56.7. The molecule has 0 atom stereocenters. The number of hydrogen-bond acceptors (Lipinski definition) is 2. The fourth-order valence-electron chi connectivity index (χ4n) is 1.73. The Morgan fingerprint density at radius 3 is 2.74 bits per heavy atom. The van der Waals surface area contributed by atoms with Gasteiger partial charge in [0.15, 0.2) is 10.6 Å². The number of rotatable bonds is 5. The van der Waals surface area contributed by atoms with Crippen molar-refractivity contribution in [1.82, 2.24) is 9.55 Å². The summed E-state index contributed by atoms with van der Waals surface area (Å²) in [6.45, 7) is -0.573. The summed E-state index contributed by atoms with van der Waals surface area (Å²) in [5, 5.41) is 0.